The van der Waals surface area contributed by atoms with Crippen molar-refractivity contribution in [2.75, 3.05) is 25.4 Å². The minimum absolute atomic E-state index is 0.279. The van der Waals surface area contributed by atoms with Crippen LogP contribution in [0.4, 0.5) is 5.00 Å². The first kappa shape index (κ1) is 16.0. The van der Waals surface area contributed by atoms with E-state index in [9.17, 15) is 4.79 Å². The van der Waals surface area contributed by atoms with Crippen molar-refractivity contribution in [3.63, 3.8) is 0 Å². The molecule has 23 heavy (non-hydrogen) atoms. The largest absolute Gasteiger partial charge is 0.462 e. The first-order valence-electron chi connectivity index (χ1n) is 8.02. The SMILES string of the molecule is CCOC(=O)c1c(N)sc2c1CCN(Cc1ccccc1)CC2. The molecule has 2 aromatic rings. The molecule has 0 spiro atoms. The Labute approximate surface area is 140 Å². The van der Waals surface area contributed by atoms with E-state index in [4.69, 9.17) is 10.5 Å². The maximum Gasteiger partial charge on any atom is 0.341 e. The van der Waals surface area contributed by atoms with Crippen LogP contribution in [0.15, 0.2) is 30.3 Å². The molecule has 1 aliphatic rings. The summed E-state index contributed by atoms with van der Waals surface area (Å²) in [6, 6.07) is 10.5. The highest BCUT2D eigenvalue weighted by atomic mass is 32.1. The van der Waals surface area contributed by atoms with E-state index in [0.717, 1.165) is 38.0 Å². The lowest BCUT2D eigenvalue weighted by molar-refractivity contribution is 0.0527. The molecular weight excluding hydrogens is 308 g/mol. The fourth-order valence-corrected chi connectivity index (χ4v) is 4.16. The lowest BCUT2D eigenvalue weighted by Crippen LogP contribution is -2.26. The summed E-state index contributed by atoms with van der Waals surface area (Å²) in [4.78, 5) is 15.8. The molecule has 0 amide bonds. The summed E-state index contributed by atoms with van der Waals surface area (Å²) in [5, 5.41) is 0.602. The number of benzene rings is 1. The zero-order valence-corrected chi connectivity index (χ0v) is 14.2. The lowest BCUT2D eigenvalue weighted by Gasteiger charge is -2.19. The summed E-state index contributed by atoms with van der Waals surface area (Å²) in [6.45, 7) is 5.07. The quantitative estimate of drug-likeness (QED) is 0.875. The molecule has 2 N–H and O–H groups in total. The maximum absolute atomic E-state index is 12.2. The second-order valence-corrected chi connectivity index (χ2v) is 6.86. The third-order valence-electron chi connectivity index (χ3n) is 4.18. The first-order valence-corrected chi connectivity index (χ1v) is 8.84. The van der Waals surface area contributed by atoms with Gasteiger partial charge in [0.25, 0.3) is 0 Å². The summed E-state index contributed by atoms with van der Waals surface area (Å²) in [5.74, 6) is -0.279. The van der Waals surface area contributed by atoms with Crippen molar-refractivity contribution in [3.05, 3.63) is 51.9 Å². The van der Waals surface area contributed by atoms with Gasteiger partial charge in [-0.15, -0.1) is 11.3 Å². The Morgan fingerprint density at radius 1 is 1.26 bits per heavy atom. The van der Waals surface area contributed by atoms with Crippen LogP contribution in [0.5, 0.6) is 0 Å². The Balaban J connectivity index is 1.74. The highest BCUT2D eigenvalue weighted by Crippen LogP contribution is 2.34. The average Bonchev–Trinajstić information content (AvgIpc) is 2.75. The van der Waals surface area contributed by atoms with Crippen LogP contribution in [0.3, 0.4) is 0 Å². The molecule has 3 rings (SSSR count). The van der Waals surface area contributed by atoms with E-state index >= 15 is 0 Å². The van der Waals surface area contributed by atoms with Crippen LogP contribution >= 0.6 is 11.3 Å². The highest BCUT2D eigenvalue weighted by molar-refractivity contribution is 7.16. The van der Waals surface area contributed by atoms with Crippen LogP contribution in [-0.4, -0.2) is 30.6 Å². The van der Waals surface area contributed by atoms with Crippen LogP contribution in [0.25, 0.3) is 0 Å². The van der Waals surface area contributed by atoms with Gasteiger partial charge in [0, 0.05) is 24.5 Å². The Bertz CT molecular complexity index is 682. The number of nitrogens with zero attached hydrogens (tertiary/aromatic N) is 1. The zero-order valence-electron chi connectivity index (χ0n) is 13.4. The molecule has 0 saturated heterocycles. The molecule has 1 aromatic heterocycles. The number of hydrogen-bond donors (Lipinski definition) is 1. The molecule has 1 aromatic carbocycles. The molecule has 4 nitrogen and oxygen atoms in total. The van der Waals surface area contributed by atoms with E-state index in [1.165, 1.54) is 10.4 Å². The van der Waals surface area contributed by atoms with Crippen molar-refractivity contribution >= 4 is 22.3 Å². The van der Waals surface area contributed by atoms with Gasteiger partial charge in [0.1, 0.15) is 5.00 Å². The number of nitrogen functional groups attached to an aromatic ring is 1. The van der Waals surface area contributed by atoms with Gasteiger partial charge in [-0.2, -0.15) is 0 Å². The minimum atomic E-state index is -0.279. The monoisotopic (exact) mass is 330 g/mol. The van der Waals surface area contributed by atoms with Crippen molar-refractivity contribution in [2.24, 2.45) is 0 Å². The molecule has 122 valence electrons. The number of thiophene rings is 1. The summed E-state index contributed by atoms with van der Waals surface area (Å²) >= 11 is 1.54. The smallest absolute Gasteiger partial charge is 0.341 e. The van der Waals surface area contributed by atoms with Gasteiger partial charge in [-0.05, 0) is 30.9 Å². The molecule has 5 heteroatoms. The van der Waals surface area contributed by atoms with Crippen molar-refractivity contribution in [1.29, 1.82) is 0 Å². The van der Waals surface area contributed by atoms with Gasteiger partial charge in [0.15, 0.2) is 0 Å². The number of esters is 1. The second kappa shape index (κ2) is 7.15. The molecule has 1 aliphatic heterocycles. The van der Waals surface area contributed by atoms with Crippen LogP contribution in [0, 0.1) is 0 Å². The lowest BCUT2D eigenvalue weighted by atomic mass is 10.1. The standard InChI is InChI=1S/C18H22N2O2S/c1-2-22-18(21)16-14-8-10-20(11-9-15(14)23-17(16)19)12-13-6-4-3-5-7-13/h3-7H,2,8-12,19H2,1H3. The third kappa shape index (κ3) is 3.57. The minimum Gasteiger partial charge on any atom is -0.462 e. The zero-order chi connectivity index (χ0) is 16.2. The fraction of sp³-hybridized carbons (Fsp3) is 0.389. The van der Waals surface area contributed by atoms with E-state index in [-0.39, 0.29) is 5.97 Å². The van der Waals surface area contributed by atoms with Crippen LogP contribution in [0.1, 0.15) is 33.3 Å². The Hall–Kier alpha value is -1.85. The van der Waals surface area contributed by atoms with Crippen LogP contribution in [0.2, 0.25) is 0 Å². The number of hydrogen-bond acceptors (Lipinski definition) is 5. The number of carbonyl (C=O) groups excluding carboxylic acids is 1. The first-order chi connectivity index (χ1) is 11.2. The molecular formula is C18H22N2O2S. The summed E-state index contributed by atoms with van der Waals surface area (Å²) in [6.07, 6.45) is 1.79. The Kier molecular flexibility index (Phi) is 4.98. The number of nitrogens with two attached hydrogens (primary N) is 1. The van der Waals surface area contributed by atoms with Gasteiger partial charge in [-0.25, -0.2) is 4.79 Å². The molecule has 0 fully saturated rings. The number of carbonyl (C=O) groups is 1. The second-order valence-electron chi connectivity index (χ2n) is 5.73. The van der Waals surface area contributed by atoms with Gasteiger partial charge in [-0.3, -0.25) is 4.90 Å². The molecule has 0 bridgehead atoms. The predicted octanol–water partition coefficient (Wildman–Crippen LogP) is 3.11. The van der Waals surface area contributed by atoms with Crippen LogP contribution < -0.4 is 5.73 Å². The van der Waals surface area contributed by atoms with Crippen molar-refractivity contribution in [1.82, 2.24) is 4.90 Å². The average molecular weight is 330 g/mol. The number of rotatable bonds is 4. The van der Waals surface area contributed by atoms with E-state index in [1.807, 2.05) is 13.0 Å². The Morgan fingerprint density at radius 2 is 2.00 bits per heavy atom. The van der Waals surface area contributed by atoms with Gasteiger partial charge < -0.3 is 10.5 Å². The Morgan fingerprint density at radius 3 is 2.74 bits per heavy atom. The highest BCUT2D eigenvalue weighted by Gasteiger charge is 2.25. The van der Waals surface area contributed by atoms with Gasteiger partial charge >= 0.3 is 5.97 Å². The summed E-state index contributed by atoms with van der Waals surface area (Å²) < 4.78 is 5.17. The molecule has 0 aliphatic carbocycles. The van der Waals surface area contributed by atoms with E-state index in [1.54, 1.807) is 11.3 Å². The van der Waals surface area contributed by atoms with Crippen LogP contribution in [-0.2, 0) is 24.1 Å². The summed E-state index contributed by atoms with van der Waals surface area (Å²) in [5.41, 5.74) is 9.09. The maximum atomic E-state index is 12.2. The fourth-order valence-electron chi connectivity index (χ4n) is 3.07. The van der Waals surface area contributed by atoms with E-state index in [0.29, 0.717) is 17.2 Å². The predicted molar refractivity (Wildman–Crippen MR) is 93.8 cm³/mol. The van der Waals surface area contributed by atoms with Crippen molar-refractivity contribution in [3.8, 4) is 0 Å². The van der Waals surface area contributed by atoms with E-state index in [2.05, 4.69) is 29.2 Å². The van der Waals surface area contributed by atoms with Crippen molar-refractivity contribution < 1.29 is 9.53 Å². The van der Waals surface area contributed by atoms with Gasteiger partial charge in [0.05, 0.1) is 12.2 Å². The molecule has 0 saturated carbocycles. The summed E-state index contributed by atoms with van der Waals surface area (Å²) in [7, 11) is 0. The molecule has 0 atom stereocenters. The number of ether oxygens (including phenoxy) is 1. The van der Waals surface area contributed by atoms with Crippen molar-refractivity contribution in [2.45, 2.75) is 26.3 Å². The molecule has 0 unspecified atom stereocenters. The number of anilines is 1. The number of fused-ring (bicyclic) bond motifs is 1. The molecule has 0 radical (unpaired) electrons. The normalized spacial score (nSPS) is 15.0. The third-order valence-corrected chi connectivity index (χ3v) is 5.30. The van der Waals surface area contributed by atoms with Gasteiger partial charge in [0.2, 0.25) is 0 Å². The topological polar surface area (TPSA) is 55.6 Å². The molecule has 2 heterocycles. The van der Waals surface area contributed by atoms with E-state index < -0.39 is 0 Å². The van der Waals surface area contributed by atoms with Gasteiger partial charge in [-0.1, -0.05) is 30.3 Å².